The molecule has 1 saturated heterocycles. The number of halogens is 2. The molecule has 0 unspecified atom stereocenters. The van der Waals surface area contributed by atoms with Gasteiger partial charge in [-0.2, -0.15) is 0 Å². The lowest BCUT2D eigenvalue weighted by molar-refractivity contribution is 0.0196. The van der Waals surface area contributed by atoms with Gasteiger partial charge in [-0.05, 0) is 43.6 Å². The van der Waals surface area contributed by atoms with Crippen LogP contribution in [0.3, 0.4) is 0 Å². The van der Waals surface area contributed by atoms with E-state index in [4.69, 9.17) is 4.74 Å². The van der Waals surface area contributed by atoms with Crippen LogP contribution < -0.4 is 4.90 Å². The van der Waals surface area contributed by atoms with E-state index in [9.17, 15) is 14.3 Å². The summed E-state index contributed by atoms with van der Waals surface area (Å²) in [5.74, 6) is -0.230. The summed E-state index contributed by atoms with van der Waals surface area (Å²) in [6.07, 6.45) is 1.11. The van der Waals surface area contributed by atoms with Crippen LogP contribution in [0.4, 0.5) is 15.0 Å². The average molecular weight is 404 g/mol. The Bertz CT molecular complexity index is 621. The van der Waals surface area contributed by atoms with Gasteiger partial charge in [-0.3, -0.25) is 0 Å². The number of nitrogens with zero attached hydrogens (tertiary/aromatic N) is 3. The Hall–Kier alpha value is -1.41. The second-order valence-electron chi connectivity index (χ2n) is 6.82. The third-order valence-corrected chi connectivity index (χ3v) is 4.60. The standard InChI is InChI=1S/C16H23BrFN3O3/c1-10-12(17)7-19-14(13(10)18)21-6-5-20(8-11(21)9-22)15(23)24-16(2,3)4/h7,11,22H,5-6,8-9H2,1-4H3/t11-/m0/s1. The number of pyridine rings is 1. The van der Waals surface area contributed by atoms with Crippen molar-refractivity contribution >= 4 is 27.8 Å². The SMILES string of the molecule is Cc1c(Br)cnc(N2CCN(C(=O)OC(C)(C)C)C[C@H]2CO)c1F. The minimum absolute atomic E-state index is 0.193. The van der Waals surface area contributed by atoms with Crippen molar-refractivity contribution in [1.29, 1.82) is 0 Å². The van der Waals surface area contributed by atoms with Crippen LogP contribution in [0.15, 0.2) is 10.7 Å². The van der Waals surface area contributed by atoms with Gasteiger partial charge in [0.15, 0.2) is 11.6 Å². The van der Waals surface area contributed by atoms with Gasteiger partial charge >= 0.3 is 6.09 Å². The fourth-order valence-corrected chi connectivity index (χ4v) is 2.80. The van der Waals surface area contributed by atoms with E-state index in [1.807, 2.05) is 0 Å². The van der Waals surface area contributed by atoms with Gasteiger partial charge in [-0.25, -0.2) is 14.2 Å². The van der Waals surface area contributed by atoms with Crippen molar-refractivity contribution in [1.82, 2.24) is 9.88 Å². The first-order valence-electron chi connectivity index (χ1n) is 7.80. The normalized spacial score (nSPS) is 18.7. The fraction of sp³-hybridized carbons (Fsp3) is 0.625. The van der Waals surface area contributed by atoms with E-state index in [-0.39, 0.29) is 19.0 Å². The molecule has 0 radical (unpaired) electrons. The van der Waals surface area contributed by atoms with Gasteiger partial charge in [0.2, 0.25) is 0 Å². The van der Waals surface area contributed by atoms with Crippen molar-refractivity contribution < 1.29 is 19.0 Å². The van der Waals surface area contributed by atoms with Gasteiger partial charge in [-0.1, -0.05) is 0 Å². The lowest BCUT2D eigenvalue weighted by Crippen LogP contribution is -2.57. The average Bonchev–Trinajstić information content (AvgIpc) is 2.51. The van der Waals surface area contributed by atoms with Gasteiger partial charge < -0.3 is 19.6 Å². The maximum atomic E-state index is 14.5. The van der Waals surface area contributed by atoms with Crippen molar-refractivity contribution in [2.75, 3.05) is 31.1 Å². The Morgan fingerprint density at radius 1 is 1.50 bits per heavy atom. The number of ether oxygens (including phenoxy) is 1. The van der Waals surface area contributed by atoms with Gasteiger partial charge in [-0.15, -0.1) is 0 Å². The molecule has 0 aliphatic carbocycles. The molecule has 1 fully saturated rings. The Kier molecular flexibility index (Phi) is 5.70. The van der Waals surface area contributed by atoms with Crippen molar-refractivity contribution in [3.05, 3.63) is 22.1 Å². The number of anilines is 1. The van der Waals surface area contributed by atoms with Crippen LogP contribution in [0.25, 0.3) is 0 Å². The monoisotopic (exact) mass is 403 g/mol. The van der Waals surface area contributed by atoms with E-state index < -0.39 is 23.6 Å². The van der Waals surface area contributed by atoms with Crippen LogP contribution >= 0.6 is 15.9 Å². The van der Waals surface area contributed by atoms with E-state index in [2.05, 4.69) is 20.9 Å². The highest BCUT2D eigenvalue weighted by Crippen LogP contribution is 2.28. The third kappa shape index (κ3) is 4.16. The summed E-state index contributed by atoms with van der Waals surface area (Å²) in [4.78, 5) is 19.6. The number of aliphatic hydroxyl groups excluding tert-OH is 1. The lowest BCUT2D eigenvalue weighted by Gasteiger charge is -2.41. The van der Waals surface area contributed by atoms with Crippen molar-refractivity contribution in [2.45, 2.75) is 39.3 Å². The minimum Gasteiger partial charge on any atom is -0.444 e. The largest absolute Gasteiger partial charge is 0.444 e. The summed E-state index contributed by atoms with van der Waals surface area (Å²) in [6.45, 7) is 7.85. The minimum atomic E-state index is -0.584. The molecule has 0 spiro atoms. The Labute approximate surface area is 149 Å². The number of aromatic nitrogens is 1. The van der Waals surface area contributed by atoms with Crippen LogP contribution in [0.2, 0.25) is 0 Å². The molecule has 1 aromatic rings. The molecule has 1 atom stereocenters. The van der Waals surface area contributed by atoms with Crippen molar-refractivity contribution in [3.63, 3.8) is 0 Å². The summed E-state index contributed by atoms with van der Waals surface area (Å²) < 4.78 is 20.5. The smallest absolute Gasteiger partial charge is 0.410 e. The number of piperazine rings is 1. The summed E-state index contributed by atoms with van der Waals surface area (Å²) in [5.41, 5.74) is -0.120. The molecule has 0 saturated carbocycles. The zero-order valence-electron chi connectivity index (χ0n) is 14.3. The highest BCUT2D eigenvalue weighted by atomic mass is 79.9. The van der Waals surface area contributed by atoms with Crippen LogP contribution in [-0.4, -0.2) is 59.0 Å². The first-order chi connectivity index (χ1) is 11.1. The predicted octanol–water partition coefficient (Wildman–Crippen LogP) is 2.71. The number of carbonyl (C=O) groups is 1. The highest BCUT2D eigenvalue weighted by molar-refractivity contribution is 9.10. The molecule has 1 aliphatic heterocycles. The number of carbonyl (C=O) groups excluding carboxylic acids is 1. The molecule has 1 amide bonds. The zero-order chi connectivity index (χ0) is 18.1. The molecule has 1 aliphatic rings. The molecule has 134 valence electrons. The Morgan fingerprint density at radius 3 is 2.75 bits per heavy atom. The number of hydrogen-bond donors (Lipinski definition) is 1. The van der Waals surface area contributed by atoms with Gasteiger partial charge in [0.1, 0.15) is 5.60 Å². The maximum Gasteiger partial charge on any atom is 0.410 e. The summed E-state index contributed by atoms with van der Waals surface area (Å²) in [5, 5.41) is 9.69. The van der Waals surface area contributed by atoms with Crippen LogP contribution in [-0.2, 0) is 4.74 Å². The third-order valence-electron chi connectivity index (χ3n) is 3.80. The summed E-state index contributed by atoms with van der Waals surface area (Å²) >= 11 is 3.25. The number of amides is 1. The molecule has 1 aromatic heterocycles. The topological polar surface area (TPSA) is 65.9 Å². The second-order valence-corrected chi connectivity index (χ2v) is 7.68. The van der Waals surface area contributed by atoms with E-state index in [1.165, 1.54) is 4.90 Å². The maximum absolute atomic E-state index is 14.5. The molecular formula is C16H23BrFN3O3. The fourth-order valence-electron chi connectivity index (χ4n) is 2.53. The zero-order valence-corrected chi connectivity index (χ0v) is 15.9. The van der Waals surface area contributed by atoms with Gasteiger partial charge in [0.05, 0.1) is 12.6 Å². The Morgan fingerprint density at radius 2 is 2.17 bits per heavy atom. The summed E-state index contributed by atoms with van der Waals surface area (Å²) in [7, 11) is 0. The van der Waals surface area contributed by atoms with Gasteiger partial charge in [0.25, 0.3) is 0 Å². The first kappa shape index (κ1) is 18.9. The highest BCUT2D eigenvalue weighted by Gasteiger charge is 2.33. The van der Waals surface area contributed by atoms with Crippen LogP contribution in [0, 0.1) is 12.7 Å². The molecule has 0 bridgehead atoms. The molecule has 2 rings (SSSR count). The Balaban J connectivity index is 2.17. The van der Waals surface area contributed by atoms with Crippen molar-refractivity contribution in [2.24, 2.45) is 0 Å². The number of hydrogen-bond acceptors (Lipinski definition) is 5. The van der Waals surface area contributed by atoms with E-state index in [0.717, 1.165) is 0 Å². The predicted molar refractivity (Wildman–Crippen MR) is 92.7 cm³/mol. The molecule has 8 heteroatoms. The number of rotatable bonds is 2. The lowest BCUT2D eigenvalue weighted by atomic mass is 10.1. The molecule has 1 N–H and O–H groups in total. The summed E-state index contributed by atoms with van der Waals surface area (Å²) in [6, 6.07) is -0.436. The van der Waals surface area contributed by atoms with Crippen LogP contribution in [0.1, 0.15) is 26.3 Å². The molecule has 2 heterocycles. The first-order valence-corrected chi connectivity index (χ1v) is 8.59. The quantitative estimate of drug-likeness (QED) is 0.821. The van der Waals surface area contributed by atoms with Crippen LogP contribution in [0.5, 0.6) is 0 Å². The molecule has 24 heavy (non-hydrogen) atoms. The van der Waals surface area contributed by atoms with E-state index in [0.29, 0.717) is 23.1 Å². The second kappa shape index (κ2) is 7.23. The van der Waals surface area contributed by atoms with E-state index >= 15 is 0 Å². The van der Waals surface area contributed by atoms with Crippen molar-refractivity contribution in [3.8, 4) is 0 Å². The molecule has 6 nitrogen and oxygen atoms in total. The molecular weight excluding hydrogens is 381 g/mol. The van der Waals surface area contributed by atoms with E-state index in [1.54, 1.807) is 38.8 Å². The molecule has 0 aromatic carbocycles. The number of aliphatic hydroxyl groups is 1. The van der Waals surface area contributed by atoms with Gasteiger partial charge in [0, 0.05) is 35.9 Å².